The highest BCUT2D eigenvalue weighted by Crippen LogP contribution is 2.20. The first-order valence-electron chi connectivity index (χ1n) is 8.52. The summed E-state index contributed by atoms with van der Waals surface area (Å²) in [5.74, 6) is 0.690. The SMILES string of the molecule is COC(=O)[C@H]1CN(C(=O)CN(C)CC(=O)Nc2cccc(OC)c2)CCS1. The van der Waals surface area contributed by atoms with Crippen molar-refractivity contribution in [1.82, 2.24) is 9.80 Å². The Kier molecular flexibility index (Phi) is 7.93. The van der Waals surface area contributed by atoms with E-state index in [1.54, 1.807) is 48.2 Å². The molecule has 0 aliphatic carbocycles. The van der Waals surface area contributed by atoms with E-state index in [0.29, 0.717) is 30.3 Å². The molecule has 0 aromatic heterocycles. The number of amides is 2. The molecule has 8 nitrogen and oxygen atoms in total. The Morgan fingerprint density at radius 3 is 2.78 bits per heavy atom. The van der Waals surface area contributed by atoms with E-state index < -0.39 is 0 Å². The zero-order valence-electron chi connectivity index (χ0n) is 15.8. The van der Waals surface area contributed by atoms with Crippen molar-refractivity contribution in [3.63, 3.8) is 0 Å². The number of esters is 1. The van der Waals surface area contributed by atoms with Gasteiger partial charge >= 0.3 is 5.97 Å². The predicted molar refractivity (Wildman–Crippen MR) is 104 cm³/mol. The van der Waals surface area contributed by atoms with Crippen LogP contribution in [0.3, 0.4) is 0 Å². The first-order chi connectivity index (χ1) is 12.9. The molecule has 9 heteroatoms. The summed E-state index contributed by atoms with van der Waals surface area (Å²) in [7, 11) is 4.61. The number of benzene rings is 1. The van der Waals surface area contributed by atoms with Gasteiger partial charge in [0.15, 0.2) is 0 Å². The van der Waals surface area contributed by atoms with Crippen LogP contribution in [0.1, 0.15) is 0 Å². The zero-order chi connectivity index (χ0) is 19.8. The molecule has 27 heavy (non-hydrogen) atoms. The molecule has 0 bridgehead atoms. The third kappa shape index (κ3) is 6.44. The molecule has 1 aromatic rings. The number of ether oxygens (including phenoxy) is 2. The van der Waals surface area contributed by atoms with Crippen LogP contribution in [0.25, 0.3) is 0 Å². The van der Waals surface area contributed by atoms with Gasteiger partial charge in [-0.15, -0.1) is 11.8 Å². The number of rotatable bonds is 7. The fourth-order valence-electron chi connectivity index (χ4n) is 2.68. The molecule has 1 fully saturated rings. The van der Waals surface area contributed by atoms with Crippen LogP contribution in [0.4, 0.5) is 5.69 Å². The number of hydrogen-bond donors (Lipinski definition) is 1. The van der Waals surface area contributed by atoms with E-state index in [0.717, 1.165) is 0 Å². The number of hydrogen-bond acceptors (Lipinski definition) is 7. The molecule has 1 heterocycles. The van der Waals surface area contributed by atoms with Crippen molar-refractivity contribution >= 4 is 35.2 Å². The molecule has 1 aliphatic rings. The second kappa shape index (κ2) is 10.2. The first-order valence-corrected chi connectivity index (χ1v) is 9.57. The van der Waals surface area contributed by atoms with Gasteiger partial charge in [-0.25, -0.2) is 0 Å². The third-order valence-electron chi connectivity index (χ3n) is 4.06. The van der Waals surface area contributed by atoms with Crippen molar-refractivity contribution < 1.29 is 23.9 Å². The fourth-order valence-corrected chi connectivity index (χ4v) is 3.81. The van der Waals surface area contributed by atoms with E-state index in [9.17, 15) is 14.4 Å². The molecule has 1 N–H and O–H groups in total. The highest BCUT2D eigenvalue weighted by molar-refractivity contribution is 8.00. The molecular weight excluding hydrogens is 370 g/mol. The van der Waals surface area contributed by atoms with E-state index in [1.165, 1.54) is 18.9 Å². The second-order valence-electron chi connectivity index (χ2n) is 6.17. The van der Waals surface area contributed by atoms with Gasteiger partial charge in [-0.1, -0.05) is 6.07 Å². The number of nitrogens with one attached hydrogen (secondary N) is 1. The molecule has 0 radical (unpaired) electrons. The van der Waals surface area contributed by atoms with Gasteiger partial charge in [0.2, 0.25) is 11.8 Å². The van der Waals surface area contributed by atoms with Crippen molar-refractivity contribution in [1.29, 1.82) is 0 Å². The van der Waals surface area contributed by atoms with Gasteiger partial charge in [0.1, 0.15) is 11.0 Å². The number of carbonyl (C=O) groups is 3. The Morgan fingerprint density at radius 1 is 1.30 bits per heavy atom. The van der Waals surface area contributed by atoms with Crippen LogP contribution in [0.2, 0.25) is 0 Å². The summed E-state index contributed by atoms with van der Waals surface area (Å²) >= 11 is 1.49. The second-order valence-corrected chi connectivity index (χ2v) is 7.49. The zero-order valence-corrected chi connectivity index (χ0v) is 16.6. The van der Waals surface area contributed by atoms with Crippen molar-refractivity contribution in [3.05, 3.63) is 24.3 Å². The van der Waals surface area contributed by atoms with E-state index in [2.05, 4.69) is 5.32 Å². The summed E-state index contributed by atoms with van der Waals surface area (Å²) in [5, 5.41) is 2.43. The van der Waals surface area contributed by atoms with Crippen LogP contribution < -0.4 is 10.1 Å². The smallest absolute Gasteiger partial charge is 0.320 e. The molecule has 1 saturated heterocycles. The highest BCUT2D eigenvalue weighted by Gasteiger charge is 2.30. The van der Waals surface area contributed by atoms with Gasteiger partial charge in [0.25, 0.3) is 0 Å². The van der Waals surface area contributed by atoms with Gasteiger partial charge < -0.3 is 19.7 Å². The van der Waals surface area contributed by atoms with E-state index >= 15 is 0 Å². The molecule has 1 aliphatic heterocycles. The Hall–Kier alpha value is -2.26. The van der Waals surface area contributed by atoms with E-state index in [4.69, 9.17) is 9.47 Å². The summed E-state index contributed by atoms with van der Waals surface area (Å²) < 4.78 is 9.88. The lowest BCUT2D eigenvalue weighted by Crippen LogP contribution is -2.48. The van der Waals surface area contributed by atoms with Gasteiger partial charge in [-0.05, 0) is 19.2 Å². The lowest BCUT2D eigenvalue weighted by molar-refractivity contribution is -0.141. The lowest BCUT2D eigenvalue weighted by Gasteiger charge is -2.32. The van der Waals surface area contributed by atoms with Crippen molar-refractivity contribution in [2.24, 2.45) is 0 Å². The number of anilines is 1. The predicted octanol–water partition coefficient (Wildman–Crippen LogP) is 0.683. The first kappa shape index (κ1) is 21.0. The van der Waals surface area contributed by atoms with Gasteiger partial charge in [-0.3, -0.25) is 19.3 Å². The van der Waals surface area contributed by atoms with Crippen LogP contribution in [-0.4, -0.2) is 86.0 Å². The summed E-state index contributed by atoms with van der Waals surface area (Å²) in [6.07, 6.45) is 0. The Morgan fingerprint density at radius 2 is 2.07 bits per heavy atom. The highest BCUT2D eigenvalue weighted by atomic mass is 32.2. The van der Waals surface area contributed by atoms with Crippen LogP contribution in [0, 0.1) is 0 Å². The molecule has 1 atom stereocenters. The van der Waals surface area contributed by atoms with Crippen LogP contribution in [-0.2, 0) is 19.1 Å². The molecule has 148 valence electrons. The minimum Gasteiger partial charge on any atom is -0.497 e. The number of thioether (sulfide) groups is 1. The number of methoxy groups -OCH3 is 2. The summed E-state index contributed by atoms with van der Waals surface area (Å²) in [5.41, 5.74) is 0.632. The standard InChI is InChI=1S/C18H25N3O5S/c1-20(11-16(22)19-13-5-4-6-14(9-13)25-2)12-17(23)21-7-8-27-15(10-21)18(24)26-3/h4-6,9,15H,7-8,10-12H2,1-3H3,(H,19,22)/t15-/m1/s1. The number of nitrogens with zero attached hydrogens (tertiary/aromatic N) is 2. The van der Waals surface area contributed by atoms with E-state index in [-0.39, 0.29) is 36.1 Å². The Bertz CT molecular complexity index is 685. The maximum atomic E-state index is 12.5. The maximum absolute atomic E-state index is 12.5. The molecular formula is C18H25N3O5S. The van der Waals surface area contributed by atoms with E-state index in [1.807, 2.05) is 0 Å². The quantitative estimate of drug-likeness (QED) is 0.680. The Balaban J connectivity index is 1.81. The minimum atomic E-state index is -0.352. The average Bonchev–Trinajstić information content (AvgIpc) is 2.67. The largest absolute Gasteiger partial charge is 0.497 e. The number of carbonyl (C=O) groups excluding carboxylic acids is 3. The summed E-state index contributed by atoms with van der Waals surface area (Å²) in [6.45, 7) is 1.09. The summed E-state index contributed by atoms with van der Waals surface area (Å²) in [4.78, 5) is 39.6. The topological polar surface area (TPSA) is 88.2 Å². The molecule has 1 aromatic carbocycles. The minimum absolute atomic E-state index is 0.0754. The third-order valence-corrected chi connectivity index (χ3v) is 5.22. The molecule has 2 rings (SSSR count). The molecule has 0 unspecified atom stereocenters. The van der Waals surface area contributed by atoms with Crippen LogP contribution >= 0.6 is 11.8 Å². The van der Waals surface area contributed by atoms with Crippen molar-refractivity contribution in [3.8, 4) is 5.75 Å². The molecule has 2 amide bonds. The average molecular weight is 395 g/mol. The van der Waals surface area contributed by atoms with Gasteiger partial charge in [-0.2, -0.15) is 0 Å². The molecule has 0 spiro atoms. The number of likely N-dealkylation sites (N-methyl/N-ethyl adjacent to an activating group) is 1. The van der Waals surface area contributed by atoms with Crippen molar-refractivity contribution in [2.45, 2.75) is 5.25 Å². The molecule has 0 saturated carbocycles. The lowest BCUT2D eigenvalue weighted by atomic mass is 10.3. The normalized spacial score (nSPS) is 16.7. The van der Waals surface area contributed by atoms with Gasteiger partial charge in [0.05, 0.1) is 27.3 Å². The Labute approximate surface area is 163 Å². The van der Waals surface area contributed by atoms with Gasteiger partial charge in [0, 0.05) is 30.6 Å². The maximum Gasteiger partial charge on any atom is 0.320 e. The van der Waals surface area contributed by atoms with Crippen LogP contribution in [0.5, 0.6) is 5.75 Å². The monoisotopic (exact) mass is 395 g/mol. The fraction of sp³-hybridized carbons (Fsp3) is 0.500. The van der Waals surface area contributed by atoms with Crippen LogP contribution in [0.15, 0.2) is 24.3 Å². The summed E-state index contributed by atoms with van der Waals surface area (Å²) in [6, 6.07) is 7.07. The van der Waals surface area contributed by atoms with Crippen molar-refractivity contribution in [2.75, 3.05) is 58.5 Å².